The number of nitrogens with one attached hydrogen (secondary N) is 1. The van der Waals surface area contributed by atoms with Crippen LogP contribution in [0.4, 0.5) is 0 Å². The van der Waals surface area contributed by atoms with Gasteiger partial charge >= 0.3 is 0 Å². The van der Waals surface area contributed by atoms with Gasteiger partial charge in [0.25, 0.3) is 0 Å². The molecule has 0 aliphatic carbocycles. The van der Waals surface area contributed by atoms with Crippen LogP contribution in [-0.4, -0.2) is 18.3 Å². The van der Waals surface area contributed by atoms with E-state index in [4.69, 9.17) is 0 Å². The topological polar surface area (TPSA) is 12.0 Å². The van der Waals surface area contributed by atoms with Gasteiger partial charge in [-0.15, -0.1) is 11.8 Å². The molecule has 0 aliphatic heterocycles. The molecular formula is C17H29NS. The quantitative estimate of drug-likeness (QED) is 0.446. The highest BCUT2D eigenvalue weighted by Gasteiger charge is 2.00. The maximum Gasteiger partial charge on any atom is 0.0106 e. The predicted molar refractivity (Wildman–Crippen MR) is 88.0 cm³/mol. The first-order valence-electron chi connectivity index (χ1n) is 7.74. The van der Waals surface area contributed by atoms with E-state index in [0.717, 1.165) is 12.3 Å². The molecule has 108 valence electrons. The molecule has 0 amide bonds. The van der Waals surface area contributed by atoms with Crippen LogP contribution in [0.2, 0.25) is 0 Å². The zero-order valence-electron chi connectivity index (χ0n) is 12.5. The summed E-state index contributed by atoms with van der Waals surface area (Å²) in [5.74, 6) is 1.16. The average molecular weight is 279 g/mol. The van der Waals surface area contributed by atoms with Crippen molar-refractivity contribution in [3.05, 3.63) is 30.3 Å². The van der Waals surface area contributed by atoms with Crippen LogP contribution in [0.1, 0.15) is 52.4 Å². The molecule has 1 N–H and O–H groups in total. The molecule has 0 aliphatic rings. The Hall–Kier alpha value is -0.470. The Morgan fingerprint density at radius 2 is 1.79 bits per heavy atom. The van der Waals surface area contributed by atoms with Crippen molar-refractivity contribution in [2.24, 2.45) is 0 Å². The maximum absolute atomic E-state index is 3.62. The number of benzene rings is 1. The SMILES string of the molecule is CCCCCCCC(C)NCCSc1ccccc1. The molecule has 0 fully saturated rings. The van der Waals surface area contributed by atoms with Crippen molar-refractivity contribution in [3.63, 3.8) is 0 Å². The summed E-state index contributed by atoms with van der Waals surface area (Å²) in [6.45, 7) is 5.69. The highest BCUT2D eigenvalue weighted by atomic mass is 32.2. The summed E-state index contributed by atoms with van der Waals surface area (Å²) in [7, 11) is 0. The molecule has 0 spiro atoms. The Kier molecular flexibility index (Phi) is 9.92. The fraction of sp³-hybridized carbons (Fsp3) is 0.647. The second-order valence-electron chi connectivity index (χ2n) is 5.22. The van der Waals surface area contributed by atoms with Gasteiger partial charge in [-0.2, -0.15) is 0 Å². The van der Waals surface area contributed by atoms with Gasteiger partial charge in [-0.3, -0.25) is 0 Å². The summed E-state index contributed by atoms with van der Waals surface area (Å²) in [4.78, 5) is 1.37. The first-order chi connectivity index (χ1) is 9.33. The largest absolute Gasteiger partial charge is 0.313 e. The number of thioether (sulfide) groups is 1. The highest BCUT2D eigenvalue weighted by Crippen LogP contribution is 2.16. The Labute approximate surface area is 123 Å². The third-order valence-electron chi connectivity index (χ3n) is 3.35. The zero-order chi connectivity index (χ0) is 13.8. The molecule has 1 atom stereocenters. The van der Waals surface area contributed by atoms with Crippen LogP contribution >= 0.6 is 11.8 Å². The average Bonchev–Trinajstić information content (AvgIpc) is 2.44. The molecule has 0 aromatic heterocycles. The fourth-order valence-corrected chi connectivity index (χ4v) is 2.95. The third-order valence-corrected chi connectivity index (χ3v) is 4.36. The molecular weight excluding hydrogens is 250 g/mol. The Balaban J connectivity index is 1.94. The Morgan fingerprint density at radius 3 is 2.53 bits per heavy atom. The van der Waals surface area contributed by atoms with E-state index in [0.29, 0.717) is 6.04 Å². The van der Waals surface area contributed by atoms with E-state index in [1.54, 1.807) is 0 Å². The number of rotatable bonds is 11. The summed E-state index contributed by atoms with van der Waals surface area (Å²) in [5.41, 5.74) is 0. The Morgan fingerprint density at radius 1 is 1.05 bits per heavy atom. The predicted octanol–water partition coefficient (Wildman–Crippen LogP) is 5.12. The van der Waals surface area contributed by atoms with Crippen LogP contribution in [0.5, 0.6) is 0 Å². The molecule has 1 nitrogen and oxygen atoms in total. The van der Waals surface area contributed by atoms with Gasteiger partial charge in [-0.1, -0.05) is 57.2 Å². The van der Waals surface area contributed by atoms with Gasteiger partial charge in [0, 0.05) is 23.2 Å². The van der Waals surface area contributed by atoms with Gasteiger partial charge in [-0.25, -0.2) is 0 Å². The molecule has 1 rings (SSSR count). The van der Waals surface area contributed by atoms with Crippen LogP contribution in [-0.2, 0) is 0 Å². The summed E-state index contributed by atoms with van der Waals surface area (Å²) in [5, 5.41) is 3.62. The lowest BCUT2D eigenvalue weighted by atomic mass is 10.1. The van der Waals surface area contributed by atoms with Gasteiger partial charge in [0.05, 0.1) is 0 Å². The molecule has 0 saturated heterocycles. The zero-order valence-corrected chi connectivity index (χ0v) is 13.3. The monoisotopic (exact) mass is 279 g/mol. The second kappa shape index (κ2) is 11.4. The molecule has 1 aromatic carbocycles. The molecule has 1 aromatic rings. The number of hydrogen-bond acceptors (Lipinski definition) is 2. The first-order valence-corrected chi connectivity index (χ1v) is 8.72. The van der Waals surface area contributed by atoms with E-state index in [2.05, 4.69) is 49.5 Å². The minimum Gasteiger partial charge on any atom is -0.313 e. The van der Waals surface area contributed by atoms with Crippen molar-refractivity contribution >= 4 is 11.8 Å². The molecule has 0 bridgehead atoms. The lowest BCUT2D eigenvalue weighted by Gasteiger charge is -2.13. The van der Waals surface area contributed by atoms with Crippen LogP contribution in [0.15, 0.2) is 35.2 Å². The summed E-state index contributed by atoms with van der Waals surface area (Å²) < 4.78 is 0. The molecule has 0 saturated carbocycles. The highest BCUT2D eigenvalue weighted by molar-refractivity contribution is 7.99. The van der Waals surface area contributed by atoms with Gasteiger partial charge in [0.15, 0.2) is 0 Å². The molecule has 2 heteroatoms. The van der Waals surface area contributed by atoms with Crippen molar-refractivity contribution in [2.45, 2.75) is 63.3 Å². The number of unbranched alkanes of at least 4 members (excludes halogenated alkanes) is 4. The van der Waals surface area contributed by atoms with E-state index in [1.165, 1.54) is 43.4 Å². The van der Waals surface area contributed by atoms with Crippen molar-refractivity contribution in [2.75, 3.05) is 12.3 Å². The van der Waals surface area contributed by atoms with E-state index < -0.39 is 0 Å². The molecule has 0 radical (unpaired) electrons. The van der Waals surface area contributed by atoms with Crippen LogP contribution < -0.4 is 5.32 Å². The lowest BCUT2D eigenvalue weighted by Crippen LogP contribution is -2.28. The van der Waals surface area contributed by atoms with Crippen LogP contribution in [0.25, 0.3) is 0 Å². The maximum atomic E-state index is 3.62. The van der Waals surface area contributed by atoms with Gasteiger partial charge in [0.1, 0.15) is 0 Å². The summed E-state index contributed by atoms with van der Waals surface area (Å²) >= 11 is 1.93. The van der Waals surface area contributed by atoms with E-state index in [1.807, 2.05) is 11.8 Å². The van der Waals surface area contributed by atoms with Crippen molar-refractivity contribution in [3.8, 4) is 0 Å². The smallest absolute Gasteiger partial charge is 0.0106 e. The summed E-state index contributed by atoms with van der Waals surface area (Å²) in [6, 6.07) is 11.3. The van der Waals surface area contributed by atoms with Crippen molar-refractivity contribution in [1.29, 1.82) is 0 Å². The first kappa shape index (κ1) is 16.6. The number of hydrogen-bond donors (Lipinski definition) is 1. The van der Waals surface area contributed by atoms with E-state index in [9.17, 15) is 0 Å². The Bertz CT molecular complexity index is 299. The van der Waals surface area contributed by atoms with Gasteiger partial charge in [-0.05, 0) is 25.5 Å². The van der Waals surface area contributed by atoms with Gasteiger partial charge < -0.3 is 5.32 Å². The van der Waals surface area contributed by atoms with Crippen molar-refractivity contribution < 1.29 is 0 Å². The second-order valence-corrected chi connectivity index (χ2v) is 6.39. The summed E-state index contributed by atoms with van der Waals surface area (Å²) in [6.07, 6.45) is 8.24. The fourth-order valence-electron chi connectivity index (χ4n) is 2.15. The molecule has 1 unspecified atom stereocenters. The minimum atomic E-state index is 0.665. The van der Waals surface area contributed by atoms with Crippen LogP contribution in [0, 0.1) is 0 Å². The molecule has 19 heavy (non-hydrogen) atoms. The standard InChI is InChI=1S/C17H29NS/c1-3-4-5-6-8-11-16(2)18-14-15-19-17-12-9-7-10-13-17/h7,9-10,12-13,16,18H,3-6,8,11,14-15H2,1-2H3. The minimum absolute atomic E-state index is 0.665. The molecule has 0 heterocycles. The van der Waals surface area contributed by atoms with Gasteiger partial charge in [0.2, 0.25) is 0 Å². The normalized spacial score (nSPS) is 12.5. The van der Waals surface area contributed by atoms with E-state index >= 15 is 0 Å². The van der Waals surface area contributed by atoms with E-state index in [-0.39, 0.29) is 0 Å². The third kappa shape index (κ3) is 9.12. The lowest BCUT2D eigenvalue weighted by molar-refractivity contribution is 0.493. The van der Waals surface area contributed by atoms with Crippen molar-refractivity contribution in [1.82, 2.24) is 5.32 Å². The van der Waals surface area contributed by atoms with Crippen LogP contribution in [0.3, 0.4) is 0 Å².